The van der Waals surface area contributed by atoms with Crippen molar-refractivity contribution >= 4 is 17.8 Å². The molecule has 0 aromatic heterocycles. The van der Waals surface area contributed by atoms with E-state index in [9.17, 15) is 4.79 Å². The Balaban J connectivity index is 2.01. The number of rotatable bonds is 5. The minimum Gasteiger partial charge on any atom is -0.313 e. The monoisotopic (exact) mass is 293 g/mol. The Morgan fingerprint density at radius 2 is 1.77 bits per heavy atom. The predicted molar refractivity (Wildman–Crippen MR) is 89.8 cm³/mol. The van der Waals surface area contributed by atoms with Crippen LogP contribution in [0.4, 0.5) is 0 Å². The van der Waals surface area contributed by atoms with Gasteiger partial charge in [0.2, 0.25) is 0 Å². The van der Waals surface area contributed by atoms with Gasteiger partial charge in [0.1, 0.15) is 0 Å². The lowest BCUT2D eigenvalue weighted by Gasteiger charge is -2.00. The van der Waals surface area contributed by atoms with Crippen molar-refractivity contribution in [2.24, 2.45) is 5.16 Å². The highest BCUT2D eigenvalue weighted by atomic mass is 16.7. The summed E-state index contributed by atoms with van der Waals surface area (Å²) in [6.07, 6.45) is 4.49. The standard InChI is InChI=1S/C19H19NO2/c1-3-18(14-11-16-7-5-4-6-8-16)20-22-19(21)17-12-9-15(2)10-13-17/h4-14H,3H2,1-2H3/b14-11+,20-18+. The first-order valence-electron chi connectivity index (χ1n) is 7.27. The Bertz CT molecular complexity index is 670. The zero-order chi connectivity index (χ0) is 15.8. The molecule has 0 saturated heterocycles. The third kappa shape index (κ3) is 4.70. The molecular weight excluding hydrogens is 274 g/mol. The molecule has 0 aliphatic heterocycles. The van der Waals surface area contributed by atoms with Crippen LogP contribution in [0.25, 0.3) is 6.08 Å². The van der Waals surface area contributed by atoms with E-state index < -0.39 is 5.97 Å². The number of oxime groups is 1. The molecule has 0 spiro atoms. The fourth-order valence-electron chi connectivity index (χ4n) is 1.81. The predicted octanol–water partition coefficient (Wildman–Crippen LogP) is 4.63. The third-order valence-corrected chi connectivity index (χ3v) is 3.16. The van der Waals surface area contributed by atoms with Gasteiger partial charge in [-0.1, -0.05) is 66.2 Å². The number of hydrogen-bond acceptors (Lipinski definition) is 3. The molecule has 112 valence electrons. The van der Waals surface area contributed by atoms with Gasteiger partial charge in [-0.3, -0.25) is 0 Å². The number of hydrogen-bond donors (Lipinski definition) is 0. The normalized spacial score (nSPS) is 11.6. The number of nitrogens with zero attached hydrogens (tertiary/aromatic N) is 1. The second-order valence-electron chi connectivity index (χ2n) is 4.92. The van der Waals surface area contributed by atoms with Gasteiger partial charge in [-0.2, -0.15) is 0 Å². The molecule has 0 radical (unpaired) electrons. The van der Waals surface area contributed by atoms with Gasteiger partial charge >= 0.3 is 5.97 Å². The van der Waals surface area contributed by atoms with E-state index in [1.807, 2.05) is 68.5 Å². The maximum atomic E-state index is 11.9. The highest BCUT2D eigenvalue weighted by molar-refractivity contribution is 5.98. The Morgan fingerprint density at radius 3 is 2.41 bits per heavy atom. The molecule has 0 fully saturated rings. The summed E-state index contributed by atoms with van der Waals surface area (Å²) in [5.74, 6) is -0.445. The zero-order valence-corrected chi connectivity index (χ0v) is 12.8. The van der Waals surface area contributed by atoms with E-state index in [0.29, 0.717) is 17.7 Å². The molecule has 0 aliphatic carbocycles. The number of carbonyl (C=O) groups is 1. The maximum absolute atomic E-state index is 11.9. The van der Waals surface area contributed by atoms with Crippen molar-refractivity contribution in [3.63, 3.8) is 0 Å². The number of aryl methyl sites for hydroxylation is 1. The van der Waals surface area contributed by atoms with Crippen molar-refractivity contribution in [1.29, 1.82) is 0 Å². The second-order valence-corrected chi connectivity index (χ2v) is 4.92. The molecule has 2 aromatic carbocycles. The van der Waals surface area contributed by atoms with Gasteiger partial charge in [-0.15, -0.1) is 0 Å². The lowest BCUT2D eigenvalue weighted by Crippen LogP contribution is -2.03. The van der Waals surface area contributed by atoms with Gasteiger partial charge < -0.3 is 4.84 Å². The fraction of sp³-hybridized carbons (Fsp3) is 0.158. The van der Waals surface area contributed by atoms with Crippen LogP contribution in [0.3, 0.4) is 0 Å². The molecule has 0 aliphatic rings. The van der Waals surface area contributed by atoms with Crippen LogP contribution in [0.5, 0.6) is 0 Å². The summed E-state index contributed by atoms with van der Waals surface area (Å²) in [5, 5.41) is 3.94. The van der Waals surface area contributed by atoms with E-state index in [2.05, 4.69) is 5.16 Å². The maximum Gasteiger partial charge on any atom is 0.365 e. The van der Waals surface area contributed by atoms with Crippen LogP contribution >= 0.6 is 0 Å². The second kappa shape index (κ2) is 7.93. The van der Waals surface area contributed by atoms with Gasteiger partial charge in [0.05, 0.1) is 11.3 Å². The molecule has 0 amide bonds. The molecule has 0 saturated carbocycles. The van der Waals surface area contributed by atoms with Crippen molar-refractivity contribution in [2.75, 3.05) is 0 Å². The highest BCUT2D eigenvalue weighted by Gasteiger charge is 2.06. The summed E-state index contributed by atoms with van der Waals surface area (Å²) in [7, 11) is 0. The van der Waals surface area contributed by atoms with Crippen LogP contribution < -0.4 is 0 Å². The molecular formula is C19H19NO2. The van der Waals surface area contributed by atoms with Gasteiger partial charge in [-0.25, -0.2) is 4.79 Å². The molecule has 3 nitrogen and oxygen atoms in total. The summed E-state index contributed by atoms with van der Waals surface area (Å²) < 4.78 is 0. The Labute approximate surface area is 130 Å². The van der Waals surface area contributed by atoms with E-state index >= 15 is 0 Å². The lowest BCUT2D eigenvalue weighted by atomic mass is 10.1. The zero-order valence-electron chi connectivity index (χ0n) is 12.8. The van der Waals surface area contributed by atoms with E-state index in [4.69, 9.17) is 4.84 Å². The van der Waals surface area contributed by atoms with Crippen molar-refractivity contribution in [3.8, 4) is 0 Å². The summed E-state index contributed by atoms with van der Waals surface area (Å²) in [5.41, 5.74) is 3.38. The van der Waals surface area contributed by atoms with Gasteiger partial charge in [0.15, 0.2) is 0 Å². The Hall–Kier alpha value is -2.68. The van der Waals surface area contributed by atoms with Crippen LogP contribution in [-0.4, -0.2) is 11.7 Å². The van der Waals surface area contributed by atoms with Gasteiger partial charge in [-0.05, 0) is 37.1 Å². The van der Waals surface area contributed by atoms with Crippen molar-refractivity contribution in [3.05, 3.63) is 77.4 Å². The highest BCUT2D eigenvalue weighted by Crippen LogP contribution is 2.06. The Morgan fingerprint density at radius 1 is 1.09 bits per heavy atom. The van der Waals surface area contributed by atoms with Crippen molar-refractivity contribution in [1.82, 2.24) is 0 Å². The summed E-state index contributed by atoms with van der Waals surface area (Å²) >= 11 is 0. The van der Waals surface area contributed by atoms with E-state index in [1.165, 1.54) is 0 Å². The minimum atomic E-state index is -0.445. The van der Waals surface area contributed by atoms with Crippen molar-refractivity contribution in [2.45, 2.75) is 20.3 Å². The Kier molecular flexibility index (Phi) is 5.66. The molecule has 3 heteroatoms. The lowest BCUT2D eigenvalue weighted by molar-refractivity contribution is 0.0516. The fourth-order valence-corrected chi connectivity index (χ4v) is 1.81. The van der Waals surface area contributed by atoms with Crippen LogP contribution in [0.1, 0.15) is 34.8 Å². The van der Waals surface area contributed by atoms with Crippen LogP contribution in [0.15, 0.2) is 65.8 Å². The van der Waals surface area contributed by atoms with Crippen LogP contribution in [0, 0.1) is 6.92 Å². The summed E-state index contributed by atoms with van der Waals surface area (Å²) in [6.45, 7) is 3.94. The smallest absolute Gasteiger partial charge is 0.313 e. The minimum absolute atomic E-state index is 0.445. The SMILES string of the molecule is CCC(/C=C/c1ccccc1)=N\OC(=O)c1ccc(C)cc1. The molecule has 22 heavy (non-hydrogen) atoms. The third-order valence-electron chi connectivity index (χ3n) is 3.16. The first kappa shape index (κ1) is 15.7. The van der Waals surface area contributed by atoms with Gasteiger partial charge in [0, 0.05) is 0 Å². The summed E-state index contributed by atoms with van der Waals surface area (Å²) in [6, 6.07) is 17.1. The molecule has 0 atom stereocenters. The van der Waals surface area contributed by atoms with Crippen LogP contribution in [0.2, 0.25) is 0 Å². The molecule has 0 bridgehead atoms. The van der Waals surface area contributed by atoms with E-state index in [1.54, 1.807) is 12.1 Å². The topological polar surface area (TPSA) is 38.7 Å². The van der Waals surface area contributed by atoms with Crippen molar-refractivity contribution < 1.29 is 9.63 Å². The number of benzene rings is 2. The van der Waals surface area contributed by atoms with E-state index in [0.717, 1.165) is 11.1 Å². The molecule has 0 heterocycles. The van der Waals surface area contributed by atoms with Gasteiger partial charge in [0.25, 0.3) is 0 Å². The summed E-state index contributed by atoms with van der Waals surface area (Å²) in [4.78, 5) is 16.9. The molecule has 0 N–H and O–H groups in total. The average Bonchev–Trinajstić information content (AvgIpc) is 2.56. The number of carbonyl (C=O) groups excluding carboxylic acids is 1. The first-order valence-corrected chi connectivity index (χ1v) is 7.27. The average molecular weight is 293 g/mol. The molecule has 2 rings (SSSR count). The molecule has 0 unspecified atom stereocenters. The van der Waals surface area contributed by atoms with E-state index in [-0.39, 0.29) is 0 Å². The quantitative estimate of drug-likeness (QED) is 0.458. The first-order chi connectivity index (χ1) is 10.7. The number of allylic oxidation sites excluding steroid dienone is 1. The molecule has 2 aromatic rings. The van der Waals surface area contributed by atoms with Crippen LogP contribution in [-0.2, 0) is 4.84 Å². The largest absolute Gasteiger partial charge is 0.365 e.